The van der Waals surface area contributed by atoms with Crippen molar-refractivity contribution in [2.24, 2.45) is 23.7 Å². The largest absolute Gasteiger partial charge is 0.465 e. The van der Waals surface area contributed by atoms with Crippen LogP contribution >= 0.6 is 11.6 Å². The molecule has 1 N–H and O–H groups in total. The van der Waals surface area contributed by atoms with Crippen LogP contribution in [0.5, 0.6) is 0 Å². The zero-order valence-electron chi connectivity index (χ0n) is 18.2. The molecule has 0 bridgehead atoms. The van der Waals surface area contributed by atoms with Gasteiger partial charge in [0.2, 0.25) is 0 Å². The van der Waals surface area contributed by atoms with Crippen LogP contribution in [0.25, 0.3) is 0 Å². The van der Waals surface area contributed by atoms with Gasteiger partial charge in [0.05, 0.1) is 24.7 Å². The van der Waals surface area contributed by atoms with E-state index in [1.54, 1.807) is 24.3 Å². The fourth-order valence-electron chi connectivity index (χ4n) is 3.78. The highest BCUT2D eigenvalue weighted by molar-refractivity contribution is 6.30. The van der Waals surface area contributed by atoms with E-state index >= 15 is 0 Å². The molecule has 1 aliphatic rings. The number of hydrogen-bond acceptors (Lipinski definition) is 6. The van der Waals surface area contributed by atoms with Crippen molar-refractivity contribution in [2.75, 3.05) is 13.2 Å². The first-order chi connectivity index (χ1) is 13.9. The van der Waals surface area contributed by atoms with Crippen LogP contribution < -0.4 is 0 Å². The number of ketones is 1. The maximum absolute atomic E-state index is 13.0. The van der Waals surface area contributed by atoms with Crippen LogP contribution in [0.3, 0.4) is 0 Å². The lowest BCUT2D eigenvalue weighted by molar-refractivity contribution is -0.173. The fourth-order valence-corrected chi connectivity index (χ4v) is 3.90. The molecular weight excluding hydrogens is 408 g/mol. The second-order valence-electron chi connectivity index (χ2n) is 9.08. The molecule has 1 saturated carbocycles. The zero-order valence-corrected chi connectivity index (χ0v) is 18.9. The molecule has 0 saturated heterocycles. The molecule has 1 aromatic rings. The second kappa shape index (κ2) is 9.92. The van der Waals surface area contributed by atoms with Gasteiger partial charge in [0, 0.05) is 17.4 Å². The van der Waals surface area contributed by atoms with E-state index in [1.165, 1.54) is 6.92 Å². The van der Waals surface area contributed by atoms with Crippen LogP contribution in [-0.4, -0.2) is 41.6 Å². The Hall–Kier alpha value is -1.92. The maximum atomic E-state index is 13.0. The summed E-state index contributed by atoms with van der Waals surface area (Å²) in [6.07, 6.45) is -0.333. The Morgan fingerprint density at radius 3 is 2.07 bits per heavy atom. The summed E-state index contributed by atoms with van der Waals surface area (Å²) in [6, 6.07) is 6.57. The summed E-state index contributed by atoms with van der Waals surface area (Å²) < 4.78 is 10.8. The standard InChI is InChI=1S/C23H31ClO6/c1-13(2)11-29-21(26)19-17(25)10-23(5,28)20(22(27)30-12-14(3)4)18(19)15-6-8-16(24)9-7-15/h6-9,13-14,18-20,28H,10-12H2,1-5H3/t18-,19+,20-,23-/m0/s1. The average molecular weight is 439 g/mol. The molecule has 166 valence electrons. The summed E-state index contributed by atoms with van der Waals surface area (Å²) >= 11 is 6.00. The summed E-state index contributed by atoms with van der Waals surface area (Å²) in [5, 5.41) is 11.5. The molecule has 6 nitrogen and oxygen atoms in total. The van der Waals surface area contributed by atoms with Crippen molar-refractivity contribution in [1.82, 2.24) is 0 Å². The van der Waals surface area contributed by atoms with Crippen molar-refractivity contribution in [2.45, 2.75) is 52.6 Å². The predicted molar refractivity (Wildman–Crippen MR) is 113 cm³/mol. The molecule has 0 radical (unpaired) electrons. The van der Waals surface area contributed by atoms with Crippen molar-refractivity contribution in [3.8, 4) is 0 Å². The molecule has 4 atom stereocenters. The molecule has 7 heteroatoms. The third-order valence-corrected chi connectivity index (χ3v) is 5.40. The number of aliphatic hydroxyl groups is 1. The SMILES string of the molecule is CC(C)COC(=O)[C@@H]1C(=O)C[C@](C)(O)[C@H](C(=O)OCC(C)C)[C@H]1c1ccc(Cl)cc1. The second-order valence-corrected chi connectivity index (χ2v) is 9.52. The molecular formula is C23H31ClO6. The van der Waals surface area contributed by atoms with Gasteiger partial charge in [-0.15, -0.1) is 0 Å². The minimum atomic E-state index is -1.66. The average Bonchev–Trinajstić information content (AvgIpc) is 2.63. The molecule has 0 aromatic heterocycles. The topological polar surface area (TPSA) is 89.9 Å². The number of carbonyl (C=O) groups excluding carboxylic acids is 3. The Balaban J connectivity index is 2.51. The summed E-state index contributed by atoms with van der Waals surface area (Å²) in [7, 11) is 0. The highest BCUT2D eigenvalue weighted by Gasteiger charge is 2.57. The van der Waals surface area contributed by atoms with Crippen LogP contribution in [0.2, 0.25) is 5.02 Å². The molecule has 0 spiro atoms. The van der Waals surface area contributed by atoms with E-state index in [0.29, 0.717) is 10.6 Å². The van der Waals surface area contributed by atoms with Gasteiger partial charge >= 0.3 is 11.9 Å². The third kappa shape index (κ3) is 5.82. The minimum absolute atomic E-state index is 0.0940. The lowest BCUT2D eigenvalue weighted by Gasteiger charge is -2.43. The molecule has 1 aromatic carbocycles. The molecule has 0 aliphatic heterocycles. The van der Waals surface area contributed by atoms with Gasteiger partial charge in [0.25, 0.3) is 0 Å². The summed E-state index contributed by atoms with van der Waals surface area (Å²) in [5.74, 6) is -4.82. The van der Waals surface area contributed by atoms with Crippen LogP contribution in [0.15, 0.2) is 24.3 Å². The number of esters is 2. The van der Waals surface area contributed by atoms with Crippen molar-refractivity contribution in [1.29, 1.82) is 0 Å². The van der Waals surface area contributed by atoms with Crippen molar-refractivity contribution in [3.63, 3.8) is 0 Å². The third-order valence-electron chi connectivity index (χ3n) is 5.15. The number of halogens is 1. The fraction of sp³-hybridized carbons (Fsp3) is 0.609. The molecule has 0 amide bonds. The van der Waals surface area contributed by atoms with Crippen molar-refractivity contribution >= 4 is 29.3 Å². The number of benzene rings is 1. The number of ether oxygens (including phenoxy) is 2. The Kier molecular flexibility index (Phi) is 8.06. The van der Waals surface area contributed by atoms with Crippen molar-refractivity contribution < 1.29 is 29.0 Å². The molecule has 1 fully saturated rings. The van der Waals surface area contributed by atoms with Crippen LogP contribution in [0, 0.1) is 23.7 Å². The number of hydrogen-bond donors (Lipinski definition) is 1. The lowest BCUT2D eigenvalue weighted by atomic mass is 9.61. The Morgan fingerprint density at radius 2 is 1.57 bits per heavy atom. The lowest BCUT2D eigenvalue weighted by Crippen LogP contribution is -2.55. The van der Waals surface area contributed by atoms with E-state index < -0.39 is 41.1 Å². The van der Waals surface area contributed by atoms with Crippen LogP contribution in [0.1, 0.15) is 52.5 Å². The van der Waals surface area contributed by atoms with Gasteiger partial charge in [0.15, 0.2) is 5.78 Å². The first-order valence-corrected chi connectivity index (χ1v) is 10.7. The molecule has 0 unspecified atom stereocenters. The smallest absolute Gasteiger partial charge is 0.317 e. The van der Waals surface area contributed by atoms with E-state index in [2.05, 4.69) is 0 Å². The van der Waals surface area contributed by atoms with Gasteiger partial charge in [-0.2, -0.15) is 0 Å². The number of rotatable bonds is 7. The molecule has 1 aliphatic carbocycles. The first kappa shape index (κ1) is 24.4. The molecule has 2 rings (SSSR count). The Bertz CT molecular complexity index is 768. The monoisotopic (exact) mass is 438 g/mol. The van der Waals surface area contributed by atoms with Crippen LogP contribution in [0.4, 0.5) is 0 Å². The Labute approximate surface area is 182 Å². The number of Topliss-reactive ketones (excluding diaryl/α,β-unsaturated/α-hetero) is 1. The van der Waals surface area contributed by atoms with Gasteiger partial charge in [-0.25, -0.2) is 0 Å². The number of carbonyl (C=O) groups is 3. The van der Waals surface area contributed by atoms with E-state index in [1.807, 2.05) is 27.7 Å². The van der Waals surface area contributed by atoms with Gasteiger partial charge in [-0.1, -0.05) is 51.4 Å². The summed E-state index contributed by atoms with van der Waals surface area (Å²) in [6.45, 7) is 9.36. The minimum Gasteiger partial charge on any atom is -0.465 e. The van der Waals surface area contributed by atoms with Gasteiger partial charge in [-0.05, 0) is 36.5 Å². The molecule has 30 heavy (non-hydrogen) atoms. The highest BCUT2D eigenvalue weighted by atomic mass is 35.5. The van der Waals surface area contributed by atoms with Gasteiger partial charge in [-0.3, -0.25) is 14.4 Å². The summed E-state index contributed by atoms with van der Waals surface area (Å²) in [4.78, 5) is 38.9. The van der Waals surface area contributed by atoms with E-state index in [-0.39, 0.29) is 31.5 Å². The van der Waals surface area contributed by atoms with Crippen LogP contribution in [-0.2, 0) is 23.9 Å². The predicted octanol–water partition coefficient (Wildman–Crippen LogP) is 3.78. The Morgan fingerprint density at radius 1 is 1.07 bits per heavy atom. The highest BCUT2D eigenvalue weighted by Crippen LogP contribution is 2.47. The quantitative estimate of drug-likeness (QED) is 0.514. The van der Waals surface area contributed by atoms with Crippen molar-refractivity contribution in [3.05, 3.63) is 34.9 Å². The van der Waals surface area contributed by atoms with Gasteiger partial charge < -0.3 is 14.6 Å². The maximum Gasteiger partial charge on any atom is 0.317 e. The first-order valence-electron chi connectivity index (χ1n) is 10.3. The van der Waals surface area contributed by atoms with Gasteiger partial charge in [0.1, 0.15) is 5.92 Å². The normalized spacial score (nSPS) is 26.7. The molecule has 0 heterocycles. The summed E-state index contributed by atoms with van der Waals surface area (Å²) in [5.41, 5.74) is -1.12. The van der Waals surface area contributed by atoms with E-state index in [0.717, 1.165) is 0 Å². The van der Waals surface area contributed by atoms with E-state index in [4.69, 9.17) is 21.1 Å². The van der Waals surface area contributed by atoms with E-state index in [9.17, 15) is 19.5 Å². The zero-order chi connectivity index (χ0) is 22.6.